The molecule has 0 saturated carbocycles. The van der Waals surface area contributed by atoms with Gasteiger partial charge in [-0.15, -0.1) is 0 Å². The van der Waals surface area contributed by atoms with Gasteiger partial charge in [-0.1, -0.05) is 36.8 Å². The zero-order valence-corrected chi connectivity index (χ0v) is 23.1. The lowest BCUT2D eigenvalue weighted by Gasteiger charge is -2.35. The monoisotopic (exact) mass is 578 g/mol. The summed E-state index contributed by atoms with van der Waals surface area (Å²) in [7, 11) is 1.34. The van der Waals surface area contributed by atoms with E-state index in [9.17, 15) is 31.1 Å². The Kier molecular flexibility index (Phi) is 8.96. The second-order valence-electron chi connectivity index (χ2n) is 10.3. The average molecular weight is 579 g/mol. The van der Waals surface area contributed by atoms with Crippen molar-refractivity contribution in [1.82, 2.24) is 14.8 Å². The number of hydrogen-bond donors (Lipinski definition) is 0. The number of carbonyl (C=O) groups is 1. The predicted molar refractivity (Wildman–Crippen MR) is 146 cm³/mol. The van der Waals surface area contributed by atoms with Crippen molar-refractivity contribution in [2.24, 2.45) is 0 Å². The maximum absolute atomic E-state index is 13.6. The van der Waals surface area contributed by atoms with Gasteiger partial charge in [-0.3, -0.25) is 9.69 Å². The highest BCUT2D eigenvalue weighted by atomic mass is 19.4. The largest absolute Gasteiger partial charge is 0.416 e. The van der Waals surface area contributed by atoms with Gasteiger partial charge in [0.1, 0.15) is 5.82 Å². The number of carbonyl (C=O) groups excluding carboxylic acids is 1. The van der Waals surface area contributed by atoms with Gasteiger partial charge in [0.15, 0.2) is 0 Å². The third-order valence-corrected chi connectivity index (χ3v) is 7.09. The second-order valence-corrected chi connectivity index (χ2v) is 10.3. The van der Waals surface area contributed by atoms with Crippen LogP contribution in [0.25, 0.3) is 11.3 Å². The number of anilines is 1. The lowest BCUT2D eigenvalue weighted by molar-refractivity contribution is -0.143. The molecule has 0 radical (unpaired) electrons. The van der Waals surface area contributed by atoms with Gasteiger partial charge in [0.2, 0.25) is 0 Å². The molecule has 0 N–H and O–H groups in total. The summed E-state index contributed by atoms with van der Waals surface area (Å²) in [6.07, 6.45) is -8.88. The molecule has 1 fully saturated rings. The molecule has 0 atom stereocenters. The van der Waals surface area contributed by atoms with Gasteiger partial charge in [0.05, 0.1) is 22.4 Å². The Hall–Kier alpha value is -3.60. The number of aryl methyl sites for hydroxylation is 1. The molecular weight excluding hydrogens is 546 g/mol. The van der Waals surface area contributed by atoms with Crippen molar-refractivity contribution >= 4 is 11.7 Å². The number of alkyl halides is 6. The van der Waals surface area contributed by atoms with Crippen LogP contribution in [0.15, 0.2) is 54.6 Å². The smallest absolute Gasteiger partial charge is 0.354 e. The van der Waals surface area contributed by atoms with Crippen molar-refractivity contribution in [1.29, 1.82) is 0 Å². The number of benzene rings is 2. The lowest BCUT2D eigenvalue weighted by Crippen LogP contribution is -2.46. The summed E-state index contributed by atoms with van der Waals surface area (Å²) in [5.74, 6) is 0.127. The molecule has 0 unspecified atom stereocenters. The molecule has 1 aliphatic rings. The van der Waals surface area contributed by atoms with Crippen LogP contribution in [0, 0.1) is 6.92 Å². The van der Waals surface area contributed by atoms with E-state index in [0.29, 0.717) is 29.2 Å². The molecule has 5 nitrogen and oxygen atoms in total. The molecule has 41 heavy (non-hydrogen) atoms. The SMILES string of the molecule is CCCN1CCN(c2ccc(C(=O)N(C)Cc3cc(C(F)(F)F)cc(C(F)(F)F)c3)c(-c3ccc(C)cc3)n2)CC1. The fourth-order valence-electron chi connectivity index (χ4n) is 4.91. The Balaban J connectivity index is 1.66. The summed E-state index contributed by atoms with van der Waals surface area (Å²) in [6.45, 7) is 7.93. The summed E-state index contributed by atoms with van der Waals surface area (Å²) in [5.41, 5.74) is -0.844. The van der Waals surface area contributed by atoms with Crippen molar-refractivity contribution in [2.45, 2.75) is 39.2 Å². The van der Waals surface area contributed by atoms with Gasteiger partial charge < -0.3 is 9.80 Å². The highest BCUT2D eigenvalue weighted by Gasteiger charge is 2.37. The summed E-state index contributed by atoms with van der Waals surface area (Å²) in [6, 6.07) is 12.1. The molecule has 220 valence electrons. The Morgan fingerprint density at radius 1 is 0.878 bits per heavy atom. The van der Waals surface area contributed by atoms with Crippen LogP contribution in [-0.2, 0) is 18.9 Å². The highest BCUT2D eigenvalue weighted by Crippen LogP contribution is 2.37. The molecule has 1 amide bonds. The van der Waals surface area contributed by atoms with Crippen LogP contribution < -0.4 is 4.90 Å². The Labute approximate surface area is 235 Å². The fraction of sp³-hybridized carbons (Fsp3) is 0.400. The van der Waals surface area contributed by atoms with Crippen LogP contribution in [0.5, 0.6) is 0 Å². The number of pyridine rings is 1. The van der Waals surface area contributed by atoms with E-state index in [2.05, 4.69) is 16.7 Å². The van der Waals surface area contributed by atoms with E-state index in [1.165, 1.54) is 7.05 Å². The molecule has 3 aromatic rings. The zero-order valence-electron chi connectivity index (χ0n) is 23.1. The molecule has 0 bridgehead atoms. The molecule has 1 saturated heterocycles. The van der Waals surface area contributed by atoms with Gasteiger partial charge in [0, 0.05) is 45.3 Å². The van der Waals surface area contributed by atoms with Crippen LogP contribution in [0.1, 0.15) is 46.0 Å². The molecule has 2 heterocycles. The van der Waals surface area contributed by atoms with Crippen molar-refractivity contribution in [3.05, 3.63) is 82.4 Å². The molecule has 0 aliphatic carbocycles. The van der Waals surface area contributed by atoms with E-state index in [0.717, 1.165) is 49.6 Å². The van der Waals surface area contributed by atoms with Gasteiger partial charge in [-0.25, -0.2) is 4.98 Å². The first-order chi connectivity index (χ1) is 19.3. The summed E-state index contributed by atoms with van der Waals surface area (Å²) >= 11 is 0. The minimum Gasteiger partial charge on any atom is -0.354 e. The summed E-state index contributed by atoms with van der Waals surface area (Å²) < 4.78 is 80.1. The standard InChI is InChI=1S/C30H32F6N4O/c1-4-11-39-12-14-40(15-13-39)26-10-9-25(27(37-26)22-7-5-20(2)6-8-22)28(41)38(3)19-21-16-23(29(31,32)33)18-24(17-21)30(34,35)36/h5-10,16-18H,4,11-15,19H2,1-3H3. The zero-order chi connectivity index (χ0) is 29.9. The van der Waals surface area contributed by atoms with Crippen molar-refractivity contribution < 1.29 is 31.1 Å². The van der Waals surface area contributed by atoms with Gasteiger partial charge in [-0.2, -0.15) is 26.3 Å². The maximum Gasteiger partial charge on any atom is 0.416 e. The minimum atomic E-state index is -4.97. The normalized spacial score (nSPS) is 14.8. The highest BCUT2D eigenvalue weighted by molar-refractivity contribution is 6.00. The molecule has 1 aromatic heterocycles. The first-order valence-corrected chi connectivity index (χ1v) is 13.4. The van der Waals surface area contributed by atoms with E-state index in [1.54, 1.807) is 12.1 Å². The van der Waals surface area contributed by atoms with Crippen LogP contribution in [0.2, 0.25) is 0 Å². The van der Waals surface area contributed by atoms with Crippen LogP contribution in [-0.4, -0.2) is 60.5 Å². The Bertz CT molecular complexity index is 1330. The molecule has 0 spiro atoms. The quantitative estimate of drug-likeness (QED) is 0.286. The topological polar surface area (TPSA) is 39.7 Å². The molecule has 1 aliphatic heterocycles. The predicted octanol–water partition coefficient (Wildman–Crippen LogP) is 6.90. The third kappa shape index (κ3) is 7.38. The number of rotatable bonds is 7. The third-order valence-electron chi connectivity index (χ3n) is 7.09. The summed E-state index contributed by atoms with van der Waals surface area (Å²) in [5, 5.41) is 0. The Morgan fingerprint density at radius 2 is 1.46 bits per heavy atom. The second kappa shape index (κ2) is 12.1. The lowest BCUT2D eigenvalue weighted by atomic mass is 10.0. The Morgan fingerprint density at radius 3 is 2.00 bits per heavy atom. The van der Waals surface area contributed by atoms with E-state index < -0.39 is 35.9 Å². The maximum atomic E-state index is 13.6. The van der Waals surface area contributed by atoms with E-state index in [-0.39, 0.29) is 17.2 Å². The number of aromatic nitrogens is 1. The average Bonchev–Trinajstić information content (AvgIpc) is 2.92. The molecule has 11 heteroatoms. The van der Waals surface area contributed by atoms with Gasteiger partial charge in [-0.05, 0) is 55.8 Å². The van der Waals surface area contributed by atoms with Crippen LogP contribution in [0.4, 0.5) is 32.2 Å². The molecular formula is C30H32F6N4O. The van der Waals surface area contributed by atoms with Crippen molar-refractivity contribution in [3.63, 3.8) is 0 Å². The number of piperazine rings is 1. The first-order valence-electron chi connectivity index (χ1n) is 13.4. The van der Waals surface area contributed by atoms with Gasteiger partial charge in [0.25, 0.3) is 5.91 Å². The number of halogens is 6. The molecule has 4 rings (SSSR count). The number of amides is 1. The van der Waals surface area contributed by atoms with E-state index in [1.807, 2.05) is 31.2 Å². The number of nitrogens with zero attached hydrogens (tertiary/aromatic N) is 4. The van der Waals surface area contributed by atoms with E-state index in [4.69, 9.17) is 4.98 Å². The summed E-state index contributed by atoms with van der Waals surface area (Å²) in [4.78, 5) is 24.1. The van der Waals surface area contributed by atoms with E-state index >= 15 is 0 Å². The number of hydrogen-bond acceptors (Lipinski definition) is 4. The minimum absolute atomic E-state index is 0.0749. The molecule has 2 aromatic carbocycles. The van der Waals surface area contributed by atoms with Crippen LogP contribution >= 0.6 is 0 Å². The van der Waals surface area contributed by atoms with Crippen LogP contribution in [0.3, 0.4) is 0 Å². The van der Waals surface area contributed by atoms with Gasteiger partial charge >= 0.3 is 12.4 Å². The van der Waals surface area contributed by atoms with Crippen molar-refractivity contribution in [3.8, 4) is 11.3 Å². The first kappa shape index (κ1) is 30.4. The van der Waals surface area contributed by atoms with Crippen molar-refractivity contribution in [2.75, 3.05) is 44.7 Å². The fourth-order valence-corrected chi connectivity index (χ4v) is 4.91.